The lowest BCUT2D eigenvalue weighted by molar-refractivity contribution is 0.646. The van der Waals surface area contributed by atoms with E-state index in [0.717, 1.165) is 37.6 Å². The molecule has 1 aliphatic rings. The molecule has 0 aliphatic carbocycles. The summed E-state index contributed by atoms with van der Waals surface area (Å²) in [6.07, 6.45) is 7.58. The first kappa shape index (κ1) is 14.1. The second kappa shape index (κ2) is 5.57. The largest absolute Gasteiger partial charge is 0.368 e. The Balaban J connectivity index is 1.55. The smallest absolute Gasteiger partial charge is 0.180 e. The summed E-state index contributed by atoms with van der Waals surface area (Å²) in [5, 5.41) is 0. The van der Waals surface area contributed by atoms with Crippen molar-refractivity contribution in [2.24, 2.45) is 0 Å². The average Bonchev–Trinajstić information content (AvgIpc) is 3.06. The molecule has 1 saturated heterocycles. The summed E-state index contributed by atoms with van der Waals surface area (Å²) in [6, 6.07) is 6.56. The Morgan fingerprint density at radius 2 is 1.57 bits per heavy atom. The standard InChI is InChI=1S/C18H21N5/c1-14-4-3-5-16(15(14)2)21-10-12-23(13-11-21)18-17-19-6-8-22(17)9-7-20-18/h3-9H,10-13H2,1-2H3. The third-order valence-electron chi connectivity index (χ3n) is 4.79. The minimum Gasteiger partial charge on any atom is -0.368 e. The first-order valence-corrected chi connectivity index (χ1v) is 8.08. The number of anilines is 2. The third-order valence-corrected chi connectivity index (χ3v) is 4.79. The molecule has 2 aromatic heterocycles. The molecule has 1 aromatic carbocycles. The summed E-state index contributed by atoms with van der Waals surface area (Å²) in [4.78, 5) is 13.8. The van der Waals surface area contributed by atoms with Crippen LogP contribution in [0.5, 0.6) is 0 Å². The molecule has 0 saturated carbocycles. The molecular formula is C18H21N5. The number of imidazole rings is 1. The van der Waals surface area contributed by atoms with E-state index >= 15 is 0 Å². The molecule has 1 fully saturated rings. The Labute approximate surface area is 136 Å². The van der Waals surface area contributed by atoms with Gasteiger partial charge in [0.15, 0.2) is 11.5 Å². The molecule has 118 valence electrons. The van der Waals surface area contributed by atoms with E-state index in [1.807, 2.05) is 29.2 Å². The number of fused-ring (bicyclic) bond motifs is 1. The van der Waals surface area contributed by atoms with Crippen LogP contribution in [0, 0.1) is 13.8 Å². The number of rotatable bonds is 2. The van der Waals surface area contributed by atoms with E-state index < -0.39 is 0 Å². The van der Waals surface area contributed by atoms with Gasteiger partial charge in [0.2, 0.25) is 0 Å². The molecule has 4 rings (SSSR count). The highest BCUT2D eigenvalue weighted by atomic mass is 15.3. The first-order chi connectivity index (χ1) is 11.2. The fourth-order valence-electron chi connectivity index (χ4n) is 3.30. The van der Waals surface area contributed by atoms with Crippen molar-refractivity contribution < 1.29 is 0 Å². The van der Waals surface area contributed by atoms with Crippen molar-refractivity contribution in [3.05, 3.63) is 54.1 Å². The van der Waals surface area contributed by atoms with E-state index in [-0.39, 0.29) is 0 Å². The van der Waals surface area contributed by atoms with Crippen LogP contribution >= 0.6 is 0 Å². The number of benzene rings is 1. The van der Waals surface area contributed by atoms with Gasteiger partial charge in [-0.1, -0.05) is 12.1 Å². The summed E-state index contributed by atoms with van der Waals surface area (Å²) in [7, 11) is 0. The highest BCUT2D eigenvalue weighted by molar-refractivity contribution is 5.65. The molecule has 5 heteroatoms. The molecule has 3 aromatic rings. The predicted octanol–water partition coefficient (Wildman–Crippen LogP) is 2.67. The van der Waals surface area contributed by atoms with Crippen LogP contribution in [0.3, 0.4) is 0 Å². The van der Waals surface area contributed by atoms with E-state index in [2.05, 4.69) is 51.8 Å². The van der Waals surface area contributed by atoms with Crippen LogP contribution in [0.2, 0.25) is 0 Å². The monoisotopic (exact) mass is 307 g/mol. The summed E-state index contributed by atoms with van der Waals surface area (Å²) in [6.45, 7) is 8.34. The molecule has 0 spiro atoms. The summed E-state index contributed by atoms with van der Waals surface area (Å²) >= 11 is 0. The van der Waals surface area contributed by atoms with Crippen LogP contribution in [-0.2, 0) is 0 Å². The molecule has 0 radical (unpaired) electrons. The third kappa shape index (κ3) is 2.42. The molecular weight excluding hydrogens is 286 g/mol. The van der Waals surface area contributed by atoms with E-state index in [4.69, 9.17) is 0 Å². The van der Waals surface area contributed by atoms with Gasteiger partial charge >= 0.3 is 0 Å². The predicted molar refractivity (Wildman–Crippen MR) is 93.3 cm³/mol. The fraction of sp³-hybridized carbons (Fsp3) is 0.333. The zero-order valence-electron chi connectivity index (χ0n) is 13.6. The number of nitrogens with zero attached hydrogens (tertiary/aromatic N) is 5. The maximum absolute atomic E-state index is 4.56. The molecule has 23 heavy (non-hydrogen) atoms. The molecule has 5 nitrogen and oxygen atoms in total. The Morgan fingerprint density at radius 1 is 0.870 bits per heavy atom. The minimum absolute atomic E-state index is 0.938. The summed E-state index contributed by atoms with van der Waals surface area (Å²) < 4.78 is 2.03. The van der Waals surface area contributed by atoms with Crippen LogP contribution < -0.4 is 9.80 Å². The number of piperazine rings is 1. The lowest BCUT2D eigenvalue weighted by Crippen LogP contribution is -2.47. The number of aromatic nitrogens is 3. The molecule has 3 heterocycles. The van der Waals surface area contributed by atoms with Gasteiger partial charge < -0.3 is 14.2 Å². The lowest BCUT2D eigenvalue weighted by Gasteiger charge is -2.37. The van der Waals surface area contributed by atoms with E-state index in [1.165, 1.54) is 16.8 Å². The van der Waals surface area contributed by atoms with Crippen LogP contribution in [-0.4, -0.2) is 40.5 Å². The topological polar surface area (TPSA) is 36.7 Å². The second-order valence-corrected chi connectivity index (χ2v) is 6.10. The molecule has 0 amide bonds. The molecule has 0 bridgehead atoms. The SMILES string of the molecule is Cc1cccc(N2CCN(c3nccn4ccnc34)CC2)c1C. The van der Waals surface area contributed by atoms with Gasteiger partial charge in [0.05, 0.1) is 0 Å². The molecule has 1 aliphatic heterocycles. The van der Waals surface area contributed by atoms with E-state index in [1.54, 1.807) is 0 Å². The minimum atomic E-state index is 0.938. The molecule has 0 atom stereocenters. The zero-order valence-corrected chi connectivity index (χ0v) is 13.6. The number of hydrogen-bond donors (Lipinski definition) is 0. The van der Waals surface area contributed by atoms with Crippen molar-refractivity contribution in [1.29, 1.82) is 0 Å². The maximum atomic E-state index is 4.56. The van der Waals surface area contributed by atoms with E-state index in [0.29, 0.717) is 0 Å². The van der Waals surface area contributed by atoms with Crippen LogP contribution in [0.1, 0.15) is 11.1 Å². The normalized spacial score (nSPS) is 15.4. The maximum Gasteiger partial charge on any atom is 0.180 e. The Bertz CT molecular complexity index is 830. The van der Waals surface area contributed by atoms with Crippen LogP contribution in [0.4, 0.5) is 11.5 Å². The Hall–Kier alpha value is -2.56. The Kier molecular flexibility index (Phi) is 3.41. The van der Waals surface area contributed by atoms with Crippen molar-refractivity contribution in [2.75, 3.05) is 36.0 Å². The number of hydrogen-bond acceptors (Lipinski definition) is 4. The van der Waals surface area contributed by atoms with Crippen molar-refractivity contribution in [3.63, 3.8) is 0 Å². The van der Waals surface area contributed by atoms with Gasteiger partial charge in [0, 0.05) is 56.7 Å². The second-order valence-electron chi connectivity index (χ2n) is 6.10. The number of aryl methyl sites for hydroxylation is 1. The molecule has 0 unspecified atom stereocenters. The van der Waals surface area contributed by atoms with Crippen LogP contribution in [0.15, 0.2) is 43.0 Å². The van der Waals surface area contributed by atoms with Crippen molar-refractivity contribution in [3.8, 4) is 0 Å². The first-order valence-electron chi connectivity index (χ1n) is 8.08. The molecule has 0 N–H and O–H groups in total. The van der Waals surface area contributed by atoms with Gasteiger partial charge in [-0.2, -0.15) is 0 Å². The lowest BCUT2D eigenvalue weighted by atomic mass is 10.1. The van der Waals surface area contributed by atoms with E-state index in [9.17, 15) is 0 Å². The van der Waals surface area contributed by atoms with Crippen molar-refractivity contribution in [2.45, 2.75) is 13.8 Å². The van der Waals surface area contributed by atoms with Crippen molar-refractivity contribution >= 4 is 17.2 Å². The van der Waals surface area contributed by atoms with Gasteiger partial charge in [0.1, 0.15) is 0 Å². The van der Waals surface area contributed by atoms with Gasteiger partial charge in [-0.05, 0) is 31.0 Å². The highest BCUT2D eigenvalue weighted by Gasteiger charge is 2.21. The Morgan fingerprint density at radius 3 is 2.35 bits per heavy atom. The quantitative estimate of drug-likeness (QED) is 0.729. The average molecular weight is 307 g/mol. The van der Waals surface area contributed by atoms with Gasteiger partial charge in [-0.3, -0.25) is 0 Å². The van der Waals surface area contributed by atoms with Gasteiger partial charge in [0.25, 0.3) is 0 Å². The summed E-state index contributed by atoms with van der Waals surface area (Å²) in [5.41, 5.74) is 5.03. The zero-order chi connectivity index (χ0) is 15.8. The highest BCUT2D eigenvalue weighted by Crippen LogP contribution is 2.25. The summed E-state index contributed by atoms with van der Waals surface area (Å²) in [5.74, 6) is 0.984. The van der Waals surface area contributed by atoms with Crippen LogP contribution in [0.25, 0.3) is 5.65 Å². The van der Waals surface area contributed by atoms with Crippen molar-refractivity contribution in [1.82, 2.24) is 14.4 Å². The fourth-order valence-corrected chi connectivity index (χ4v) is 3.30. The van der Waals surface area contributed by atoms with Gasteiger partial charge in [-0.25, -0.2) is 9.97 Å². The van der Waals surface area contributed by atoms with Gasteiger partial charge in [-0.15, -0.1) is 0 Å².